The van der Waals surface area contributed by atoms with E-state index < -0.39 is 12.5 Å². The number of rotatable bonds is 3. The van der Waals surface area contributed by atoms with Crippen molar-refractivity contribution in [1.82, 2.24) is 0 Å². The maximum atomic E-state index is 12.2. The van der Waals surface area contributed by atoms with E-state index in [1.54, 1.807) is 24.3 Å². The Hall–Kier alpha value is -2.70. The van der Waals surface area contributed by atoms with Gasteiger partial charge in [-0.1, -0.05) is 30.3 Å². The highest BCUT2D eigenvalue weighted by atomic mass is 19.4. The predicted molar refractivity (Wildman–Crippen MR) is 67.6 cm³/mol. The lowest BCUT2D eigenvalue weighted by Gasteiger charge is -2.14. The molecule has 21 heavy (non-hydrogen) atoms. The van der Waals surface area contributed by atoms with E-state index in [9.17, 15) is 23.1 Å². The van der Waals surface area contributed by atoms with E-state index in [1.165, 1.54) is 18.2 Å². The summed E-state index contributed by atoms with van der Waals surface area (Å²) in [5.41, 5.74) is 0.997. The molecule has 0 atom stereocenters. The number of halogens is 3. The monoisotopic (exact) mass is 296 g/mol. The Labute approximate surface area is 117 Å². The first-order valence-electron chi connectivity index (χ1n) is 5.78. The van der Waals surface area contributed by atoms with Gasteiger partial charge in [-0.05, 0) is 23.8 Å². The van der Waals surface area contributed by atoms with Crippen molar-refractivity contribution in [2.24, 2.45) is 0 Å². The van der Waals surface area contributed by atoms with Crippen LogP contribution in [-0.2, 0) is 0 Å². The number of amides is 1. The molecule has 7 heteroatoms. The third kappa shape index (κ3) is 4.13. The van der Waals surface area contributed by atoms with E-state index in [-0.39, 0.29) is 11.4 Å². The molecule has 0 heterocycles. The lowest BCUT2D eigenvalue weighted by atomic mass is 10.0. The van der Waals surface area contributed by atoms with Crippen molar-refractivity contribution in [3.8, 4) is 16.9 Å². The van der Waals surface area contributed by atoms with Crippen molar-refractivity contribution in [3.05, 3.63) is 48.5 Å². The van der Waals surface area contributed by atoms with Gasteiger partial charge in [-0.2, -0.15) is 0 Å². The fraction of sp³-hybridized carbons (Fsp3) is 0.0714. The molecule has 0 radical (unpaired) electrons. The summed E-state index contributed by atoms with van der Waals surface area (Å²) in [5, 5.41) is 12.7. The Kier molecular flexibility index (Phi) is 4.02. The second-order valence-corrected chi connectivity index (χ2v) is 4.03. The zero-order valence-corrected chi connectivity index (χ0v) is 10.5. The van der Waals surface area contributed by atoms with Crippen molar-refractivity contribution in [2.45, 2.75) is 6.36 Å². The van der Waals surface area contributed by atoms with Crippen LogP contribution in [-0.4, -0.2) is 12.5 Å². The highest BCUT2D eigenvalue weighted by molar-refractivity contribution is 5.89. The lowest BCUT2D eigenvalue weighted by Crippen LogP contribution is -2.28. The fourth-order valence-corrected chi connectivity index (χ4v) is 1.81. The van der Waals surface area contributed by atoms with E-state index in [0.717, 1.165) is 6.07 Å². The number of benzene rings is 2. The van der Waals surface area contributed by atoms with E-state index in [0.29, 0.717) is 11.1 Å². The molecule has 0 aliphatic carbocycles. The molecule has 0 aliphatic rings. The lowest BCUT2D eigenvalue weighted by molar-refractivity contribution is -0.274. The van der Waals surface area contributed by atoms with Crippen LogP contribution in [0.2, 0.25) is 0 Å². The van der Waals surface area contributed by atoms with Crippen LogP contribution in [0.1, 0.15) is 0 Å². The van der Waals surface area contributed by atoms with Gasteiger partial charge in [0.1, 0.15) is 11.8 Å². The van der Waals surface area contributed by atoms with Gasteiger partial charge in [0.15, 0.2) is 0 Å². The normalized spacial score (nSPS) is 11.0. The number of carbonyl (C=O) groups excluding carboxylic acids is 1. The van der Waals surface area contributed by atoms with Crippen LogP contribution in [0.5, 0.6) is 5.75 Å². The summed E-state index contributed by atoms with van der Waals surface area (Å²) in [4.78, 5) is 10.6. The maximum absolute atomic E-state index is 12.2. The van der Waals surface area contributed by atoms with Gasteiger partial charge in [0.2, 0.25) is 0 Å². The second-order valence-electron chi connectivity index (χ2n) is 4.03. The largest absolute Gasteiger partial charge is 0.573 e. The number of hydrogen-bond acceptors (Lipinski definition) is 3. The number of ether oxygens (including phenoxy) is 1. The number of anilines is 1. The Balaban J connectivity index is 2.38. The summed E-state index contributed by atoms with van der Waals surface area (Å²) in [5.74, 6) is -0.386. The molecule has 0 unspecified atom stereocenters. The van der Waals surface area contributed by atoms with Crippen LogP contribution < -0.4 is 15.2 Å². The third-order valence-electron chi connectivity index (χ3n) is 2.54. The van der Waals surface area contributed by atoms with Gasteiger partial charge in [0, 0.05) is 11.3 Å². The summed E-state index contributed by atoms with van der Waals surface area (Å²) in [6.45, 7) is 0. The summed E-state index contributed by atoms with van der Waals surface area (Å²) in [6.07, 6.45) is -6.30. The fourth-order valence-electron chi connectivity index (χ4n) is 1.81. The Morgan fingerprint density at radius 1 is 1.10 bits per heavy atom. The second kappa shape index (κ2) is 5.74. The molecule has 4 nitrogen and oxygen atoms in total. The molecule has 110 valence electrons. The number of carbonyl (C=O) groups is 1. The quantitative estimate of drug-likeness (QED) is 0.947. The number of para-hydroxylation sites is 1. The minimum Gasteiger partial charge on any atom is -0.530 e. The molecule has 1 amide bonds. The number of nitrogens with one attached hydrogen (secondary N) is 1. The Morgan fingerprint density at radius 2 is 1.81 bits per heavy atom. The van der Waals surface area contributed by atoms with E-state index in [4.69, 9.17) is 0 Å². The van der Waals surface area contributed by atoms with Gasteiger partial charge in [-0.15, -0.1) is 13.2 Å². The topological polar surface area (TPSA) is 61.4 Å². The standard InChI is InChI=1S/C14H10F3NO3/c15-14(16,17)21-10-5-3-4-9(8-10)11-6-1-2-7-12(11)18-13(19)20/h1-8,18H,(H,19,20)/p-1. The van der Waals surface area contributed by atoms with Crippen molar-refractivity contribution in [2.75, 3.05) is 5.32 Å². The summed E-state index contributed by atoms with van der Waals surface area (Å²) >= 11 is 0. The van der Waals surface area contributed by atoms with Crippen LogP contribution in [0.4, 0.5) is 23.7 Å². The van der Waals surface area contributed by atoms with Gasteiger partial charge in [-0.25, -0.2) is 0 Å². The Bertz CT molecular complexity index is 656. The van der Waals surface area contributed by atoms with Crippen LogP contribution in [0.3, 0.4) is 0 Å². The maximum Gasteiger partial charge on any atom is 0.573 e. The number of alkyl halides is 3. The minimum absolute atomic E-state index is 0.210. The van der Waals surface area contributed by atoms with Crippen LogP contribution >= 0.6 is 0 Å². The first kappa shape index (κ1) is 14.7. The average Bonchev–Trinajstić information content (AvgIpc) is 2.37. The van der Waals surface area contributed by atoms with E-state index >= 15 is 0 Å². The smallest absolute Gasteiger partial charge is 0.530 e. The van der Waals surface area contributed by atoms with Crippen LogP contribution in [0.25, 0.3) is 11.1 Å². The molecule has 0 fully saturated rings. The van der Waals surface area contributed by atoms with Crippen LogP contribution in [0.15, 0.2) is 48.5 Å². The van der Waals surface area contributed by atoms with Crippen LogP contribution in [0, 0.1) is 0 Å². The van der Waals surface area contributed by atoms with E-state index in [2.05, 4.69) is 10.1 Å². The molecule has 2 aromatic rings. The van der Waals surface area contributed by atoms with Crippen molar-refractivity contribution < 1.29 is 27.8 Å². The number of carboxylic acid groups (broad SMARTS) is 1. The minimum atomic E-state index is -4.79. The molecule has 0 aliphatic heterocycles. The molecule has 0 saturated carbocycles. The molecule has 0 saturated heterocycles. The van der Waals surface area contributed by atoms with Gasteiger partial charge in [0.05, 0.1) is 0 Å². The molecular weight excluding hydrogens is 287 g/mol. The summed E-state index contributed by atoms with van der Waals surface area (Å²) < 4.78 is 40.5. The van der Waals surface area contributed by atoms with E-state index in [1.807, 2.05) is 0 Å². The molecule has 2 rings (SSSR count). The first-order valence-corrected chi connectivity index (χ1v) is 5.78. The molecule has 0 aromatic heterocycles. The molecule has 1 N–H and O–H groups in total. The highest BCUT2D eigenvalue weighted by Crippen LogP contribution is 2.31. The molecule has 0 bridgehead atoms. The van der Waals surface area contributed by atoms with Gasteiger partial charge < -0.3 is 20.0 Å². The summed E-state index contributed by atoms with van der Waals surface area (Å²) in [6, 6.07) is 11.5. The SMILES string of the molecule is O=C([O-])Nc1ccccc1-c1cccc(OC(F)(F)F)c1. The van der Waals surface area contributed by atoms with Gasteiger partial charge in [-0.3, -0.25) is 0 Å². The predicted octanol–water partition coefficient (Wildman–Crippen LogP) is 3.01. The highest BCUT2D eigenvalue weighted by Gasteiger charge is 2.31. The van der Waals surface area contributed by atoms with Crippen molar-refractivity contribution in [3.63, 3.8) is 0 Å². The zero-order valence-electron chi connectivity index (χ0n) is 10.5. The first-order chi connectivity index (χ1) is 9.85. The van der Waals surface area contributed by atoms with Gasteiger partial charge >= 0.3 is 6.36 Å². The van der Waals surface area contributed by atoms with Crippen molar-refractivity contribution >= 4 is 11.8 Å². The van der Waals surface area contributed by atoms with Crippen molar-refractivity contribution in [1.29, 1.82) is 0 Å². The zero-order chi connectivity index (χ0) is 15.5. The summed E-state index contributed by atoms with van der Waals surface area (Å²) in [7, 11) is 0. The molecular formula is C14H9F3NO3-. The molecule has 0 spiro atoms. The average molecular weight is 296 g/mol. The van der Waals surface area contributed by atoms with Gasteiger partial charge in [0.25, 0.3) is 0 Å². The third-order valence-corrected chi connectivity index (χ3v) is 2.54. The molecule has 2 aromatic carbocycles. The number of hydrogen-bond donors (Lipinski definition) is 1. The Morgan fingerprint density at radius 3 is 2.48 bits per heavy atom.